The Bertz CT molecular complexity index is 354. The van der Waals surface area contributed by atoms with Crippen LogP contribution >= 0.6 is 0 Å². The van der Waals surface area contributed by atoms with Gasteiger partial charge in [-0.05, 0) is 60.0 Å². The summed E-state index contributed by atoms with van der Waals surface area (Å²) in [6, 6.07) is 0.968. The van der Waals surface area contributed by atoms with Crippen molar-refractivity contribution < 1.29 is 9.53 Å². The molecule has 0 aliphatic carbocycles. The van der Waals surface area contributed by atoms with Gasteiger partial charge in [0.2, 0.25) is 0 Å². The van der Waals surface area contributed by atoms with Gasteiger partial charge in [-0.2, -0.15) is 0 Å². The number of piperidine rings is 2. The quantitative estimate of drug-likeness (QED) is 0.847. The lowest BCUT2D eigenvalue weighted by Crippen LogP contribution is -2.54. The fraction of sp³-hybridized carbons (Fsp3) is 0.938. The first-order valence-corrected chi connectivity index (χ1v) is 8.26. The number of carbonyl (C=O) groups is 1. The van der Waals surface area contributed by atoms with Gasteiger partial charge in [-0.25, -0.2) is 4.79 Å². The van der Waals surface area contributed by atoms with Crippen molar-refractivity contribution in [1.82, 2.24) is 15.1 Å². The van der Waals surface area contributed by atoms with Crippen LogP contribution < -0.4 is 5.32 Å². The number of likely N-dealkylation sites (tertiary alicyclic amines) is 2. The highest BCUT2D eigenvalue weighted by atomic mass is 16.6. The molecule has 1 amide bonds. The lowest BCUT2D eigenvalue weighted by atomic mass is 10.0. The van der Waals surface area contributed by atoms with E-state index in [9.17, 15) is 4.79 Å². The second-order valence-corrected chi connectivity index (χ2v) is 7.53. The summed E-state index contributed by atoms with van der Waals surface area (Å²) in [5.74, 6) is 0. The summed E-state index contributed by atoms with van der Waals surface area (Å²) in [5, 5.41) is 3.74. The number of nitrogens with zero attached hydrogens (tertiary/aromatic N) is 2. The normalized spacial score (nSPS) is 28.5. The summed E-state index contributed by atoms with van der Waals surface area (Å²) in [7, 11) is 2.18. The number of amides is 1. The highest BCUT2D eigenvalue weighted by Crippen LogP contribution is 2.17. The zero-order valence-electron chi connectivity index (χ0n) is 14.0. The van der Waals surface area contributed by atoms with Crippen LogP contribution in [0.3, 0.4) is 0 Å². The first-order chi connectivity index (χ1) is 9.83. The molecule has 21 heavy (non-hydrogen) atoms. The van der Waals surface area contributed by atoms with Crippen LogP contribution in [0.1, 0.15) is 46.5 Å². The molecule has 2 unspecified atom stereocenters. The summed E-state index contributed by atoms with van der Waals surface area (Å²) in [6.07, 6.45) is 4.54. The highest BCUT2D eigenvalue weighted by Gasteiger charge is 2.29. The molecular weight excluding hydrogens is 266 g/mol. The number of hydrogen-bond donors (Lipinski definition) is 1. The molecule has 2 heterocycles. The van der Waals surface area contributed by atoms with Crippen molar-refractivity contribution >= 4 is 6.09 Å². The number of carbonyl (C=O) groups excluding carboxylic acids is 1. The third kappa shape index (κ3) is 5.47. The summed E-state index contributed by atoms with van der Waals surface area (Å²) in [5.41, 5.74) is -0.413. The molecule has 2 aliphatic heterocycles. The second kappa shape index (κ2) is 6.97. The van der Waals surface area contributed by atoms with Crippen LogP contribution in [0.2, 0.25) is 0 Å². The third-order valence-electron chi connectivity index (χ3n) is 4.17. The fourth-order valence-corrected chi connectivity index (χ4v) is 3.24. The largest absolute Gasteiger partial charge is 0.444 e. The molecule has 0 saturated carbocycles. The maximum absolute atomic E-state index is 12.2. The number of rotatable bonds is 2. The molecule has 5 nitrogen and oxygen atoms in total. The maximum Gasteiger partial charge on any atom is 0.410 e. The third-order valence-corrected chi connectivity index (χ3v) is 4.17. The van der Waals surface area contributed by atoms with Gasteiger partial charge in [-0.1, -0.05) is 0 Å². The molecule has 1 N–H and O–H groups in total. The van der Waals surface area contributed by atoms with E-state index in [1.54, 1.807) is 0 Å². The van der Waals surface area contributed by atoms with Crippen LogP contribution in [0.15, 0.2) is 0 Å². The number of nitrogens with one attached hydrogen (secondary N) is 1. The van der Waals surface area contributed by atoms with Crippen molar-refractivity contribution in [3.63, 3.8) is 0 Å². The average Bonchev–Trinajstić information content (AvgIpc) is 2.37. The minimum Gasteiger partial charge on any atom is -0.444 e. The molecule has 2 fully saturated rings. The molecule has 2 saturated heterocycles. The van der Waals surface area contributed by atoms with Crippen LogP contribution in [0.25, 0.3) is 0 Å². The second-order valence-electron chi connectivity index (χ2n) is 7.53. The van der Waals surface area contributed by atoms with Gasteiger partial charge in [0.25, 0.3) is 0 Å². The van der Waals surface area contributed by atoms with Gasteiger partial charge in [0.1, 0.15) is 5.60 Å². The Kier molecular flexibility index (Phi) is 5.49. The summed E-state index contributed by atoms with van der Waals surface area (Å²) < 4.78 is 5.48. The Morgan fingerprint density at radius 3 is 2.33 bits per heavy atom. The first kappa shape index (κ1) is 16.6. The summed E-state index contributed by atoms with van der Waals surface area (Å²) in [4.78, 5) is 16.4. The van der Waals surface area contributed by atoms with Crippen molar-refractivity contribution in [2.75, 3.05) is 33.2 Å². The molecule has 0 aromatic heterocycles. The summed E-state index contributed by atoms with van der Waals surface area (Å²) in [6.45, 7) is 9.66. The van der Waals surface area contributed by atoms with E-state index in [1.165, 1.54) is 19.4 Å². The summed E-state index contributed by atoms with van der Waals surface area (Å²) >= 11 is 0. The maximum atomic E-state index is 12.2. The topological polar surface area (TPSA) is 44.8 Å². The van der Waals surface area contributed by atoms with Gasteiger partial charge in [0.05, 0.1) is 0 Å². The minimum atomic E-state index is -0.413. The van der Waals surface area contributed by atoms with E-state index in [1.807, 2.05) is 25.7 Å². The van der Waals surface area contributed by atoms with Gasteiger partial charge >= 0.3 is 6.09 Å². The highest BCUT2D eigenvalue weighted by molar-refractivity contribution is 5.68. The van der Waals surface area contributed by atoms with E-state index < -0.39 is 5.60 Å². The van der Waals surface area contributed by atoms with E-state index >= 15 is 0 Å². The van der Waals surface area contributed by atoms with Crippen LogP contribution in [-0.2, 0) is 4.74 Å². The van der Waals surface area contributed by atoms with Crippen LogP contribution in [0.4, 0.5) is 4.79 Å². The van der Waals surface area contributed by atoms with E-state index in [0.29, 0.717) is 12.1 Å². The lowest BCUT2D eigenvalue weighted by molar-refractivity contribution is 0.0179. The predicted molar refractivity (Wildman–Crippen MR) is 84.5 cm³/mol. The standard InChI is InChI=1S/C16H31N3O2/c1-16(2,3)21-15(20)19-10-6-8-14(12-19)17-13-7-5-9-18(4)11-13/h13-14,17H,5-12H2,1-4H3. The van der Waals surface area contributed by atoms with Crippen LogP contribution in [-0.4, -0.2) is 66.8 Å². The molecule has 0 bridgehead atoms. The van der Waals surface area contributed by atoms with E-state index in [2.05, 4.69) is 17.3 Å². The molecule has 2 atom stereocenters. The molecule has 122 valence electrons. The molecule has 2 aliphatic rings. The van der Waals surface area contributed by atoms with Gasteiger partial charge in [-0.15, -0.1) is 0 Å². The van der Waals surface area contributed by atoms with E-state index in [4.69, 9.17) is 4.74 Å². The minimum absolute atomic E-state index is 0.172. The number of likely N-dealkylation sites (N-methyl/N-ethyl adjacent to an activating group) is 1. The van der Waals surface area contributed by atoms with Crippen molar-refractivity contribution in [3.05, 3.63) is 0 Å². The Balaban J connectivity index is 1.81. The zero-order chi connectivity index (χ0) is 15.5. The number of hydrogen-bond acceptors (Lipinski definition) is 4. The Morgan fingerprint density at radius 2 is 1.71 bits per heavy atom. The molecule has 5 heteroatoms. The molecular formula is C16H31N3O2. The number of ether oxygens (including phenoxy) is 1. The molecule has 2 rings (SSSR count). The van der Waals surface area contributed by atoms with Crippen LogP contribution in [0, 0.1) is 0 Å². The van der Waals surface area contributed by atoms with Crippen molar-refractivity contribution in [3.8, 4) is 0 Å². The van der Waals surface area contributed by atoms with Crippen molar-refractivity contribution in [2.24, 2.45) is 0 Å². The van der Waals surface area contributed by atoms with Crippen LogP contribution in [0.5, 0.6) is 0 Å². The monoisotopic (exact) mass is 297 g/mol. The van der Waals surface area contributed by atoms with E-state index in [0.717, 1.165) is 32.5 Å². The fourth-order valence-electron chi connectivity index (χ4n) is 3.24. The predicted octanol–water partition coefficient (Wildman–Crippen LogP) is 2.07. The Labute approximate surface area is 129 Å². The molecule has 0 aromatic rings. The van der Waals surface area contributed by atoms with Gasteiger partial charge in [0, 0.05) is 31.7 Å². The van der Waals surface area contributed by atoms with Gasteiger partial charge < -0.3 is 19.9 Å². The van der Waals surface area contributed by atoms with Gasteiger partial charge in [-0.3, -0.25) is 0 Å². The average molecular weight is 297 g/mol. The lowest BCUT2D eigenvalue weighted by Gasteiger charge is -2.38. The molecule has 0 spiro atoms. The van der Waals surface area contributed by atoms with E-state index in [-0.39, 0.29) is 6.09 Å². The molecule has 0 radical (unpaired) electrons. The van der Waals surface area contributed by atoms with Crippen molar-refractivity contribution in [2.45, 2.75) is 64.1 Å². The molecule has 0 aromatic carbocycles. The Hall–Kier alpha value is -0.810. The smallest absolute Gasteiger partial charge is 0.410 e. The van der Waals surface area contributed by atoms with Gasteiger partial charge in [0.15, 0.2) is 0 Å². The zero-order valence-corrected chi connectivity index (χ0v) is 14.0. The Morgan fingerprint density at radius 1 is 1.10 bits per heavy atom. The SMILES string of the molecule is CN1CCCC(NC2CCCN(C(=O)OC(C)(C)C)C2)C1. The first-order valence-electron chi connectivity index (χ1n) is 8.26. The van der Waals surface area contributed by atoms with Crippen molar-refractivity contribution in [1.29, 1.82) is 0 Å².